The fraction of sp³-hybridized carbons (Fsp3) is 0.250. The smallest absolute Gasteiger partial charge is 0.165 e. The number of H-pyrrole nitrogens is 1. The zero-order valence-corrected chi connectivity index (χ0v) is 19.2. The number of hydrogen-bond acceptors (Lipinski definition) is 4. The Morgan fingerprint density at radius 1 is 1.03 bits per heavy atom. The summed E-state index contributed by atoms with van der Waals surface area (Å²) in [5.74, 6) is 1.55. The van der Waals surface area contributed by atoms with E-state index in [0.717, 1.165) is 53.2 Å². The van der Waals surface area contributed by atoms with Crippen LogP contribution < -0.4 is 9.47 Å². The highest BCUT2D eigenvalue weighted by Gasteiger charge is 2.34. The Hall–Kier alpha value is -3.57. The Labute approximate surface area is 193 Å². The van der Waals surface area contributed by atoms with Gasteiger partial charge in [-0.1, -0.05) is 48.5 Å². The third-order valence-corrected chi connectivity index (χ3v) is 6.58. The lowest BCUT2D eigenvalue weighted by molar-refractivity contribution is 0.101. The van der Waals surface area contributed by atoms with Gasteiger partial charge in [0.15, 0.2) is 17.3 Å². The quantitative estimate of drug-likeness (QED) is 0.400. The monoisotopic (exact) mass is 440 g/mol. The fourth-order valence-electron chi connectivity index (χ4n) is 5.06. The van der Waals surface area contributed by atoms with E-state index < -0.39 is 0 Å². The predicted octanol–water partition coefficient (Wildman–Crippen LogP) is 5.54. The average molecular weight is 441 g/mol. The van der Waals surface area contributed by atoms with Gasteiger partial charge >= 0.3 is 0 Å². The van der Waals surface area contributed by atoms with Crippen LogP contribution in [0.5, 0.6) is 11.5 Å². The molecule has 0 fully saturated rings. The number of Topliss-reactive ketones (excluding diaryl/α,β-unsaturated/α-hetero) is 1. The van der Waals surface area contributed by atoms with Crippen LogP contribution in [0, 0.1) is 0 Å². The molecule has 4 aromatic rings. The summed E-state index contributed by atoms with van der Waals surface area (Å²) in [6.07, 6.45) is 0.953. The average Bonchev–Trinajstić information content (AvgIpc) is 3.22. The van der Waals surface area contributed by atoms with E-state index in [-0.39, 0.29) is 11.8 Å². The largest absolute Gasteiger partial charge is 0.493 e. The molecule has 0 saturated carbocycles. The third kappa shape index (κ3) is 3.79. The number of methoxy groups -OCH3 is 2. The van der Waals surface area contributed by atoms with Crippen LogP contribution in [0.4, 0.5) is 0 Å². The molecule has 5 nitrogen and oxygen atoms in total. The van der Waals surface area contributed by atoms with Gasteiger partial charge in [0, 0.05) is 40.8 Å². The van der Waals surface area contributed by atoms with E-state index in [9.17, 15) is 4.79 Å². The van der Waals surface area contributed by atoms with Gasteiger partial charge in [-0.05, 0) is 42.7 Å². The van der Waals surface area contributed by atoms with Gasteiger partial charge in [0.2, 0.25) is 0 Å². The predicted molar refractivity (Wildman–Crippen MR) is 130 cm³/mol. The van der Waals surface area contributed by atoms with Crippen molar-refractivity contribution in [3.63, 3.8) is 0 Å². The molecule has 2 heterocycles. The Balaban J connectivity index is 1.65. The van der Waals surface area contributed by atoms with Crippen LogP contribution in [-0.4, -0.2) is 36.4 Å². The van der Waals surface area contributed by atoms with Gasteiger partial charge in [-0.15, -0.1) is 0 Å². The summed E-state index contributed by atoms with van der Waals surface area (Å²) in [6.45, 7) is 3.23. The topological polar surface area (TPSA) is 54.6 Å². The maximum atomic E-state index is 11.9. The standard InChI is InChI=1S/C28H28N2O3/c1-18(31)20-9-6-8-19(16-20)17-30-15-14-22-21-10-4-5-12-24(21)29-26(22)27(30)23-11-7-13-25(32-2)28(23)33-3/h4-13,16,27,29H,14-15,17H2,1-3H3/t27-/m0/s1. The number of nitrogens with zero attached hydrogens (tertiary/aromatic N) is 1. The van der Waals surface area contributed by atoms with E-state index in [2.05, 4.69) is 46.3 Å². The molecular formula is C28H28N2O3. The number of para-hydroxylation sites is 2. The molecule has 0 amide bonds. The summed E-state index contributed by atoms with van der Waals surface area (Å²) in [7, 11) is 3.36. The lowest BCUT2D eigenvalue weighted by Crippen LogP contribution is -2.36. The SMILES string of the molecule is COc1cccc([C@H]2c3[nH]c4ccccc4c3CCN2Cc2cccc(C(C)=O)c2)c1OC. The van der Waals surface area contributed by atoms with Crippen molar-refractivity contribution < 1.29 is 14.3 Å². The Morgan fingerprint density at radius 2 is 1.85 bits per heavy atom. The van der Waals surface area contributed by atoms with Crippen molar-refractivity contribution >= 4 is 16.7 Å². The number of aromatic amines is 1. The summed E-state index contributed by atoms with van der Waals surface area (Å²) in [4.78, 5) is 18.1. The fourth-order valence-corrected chi connectivity index (χ4v) is 5.06. The van der Waals surface area contributed by atoms with Crippen molar-refractivity contribution in [3.8, 4) is 11.5 Å². The van der Waals surface area contributed by atoms with Crippen LogP contribution in [0.25, 0.3) is 10.9 Å². The maximum absolute atomic E-state index is 11.9. The minimum atomic E-state index is -0.0350. The maximum Gasteiger partial charge on any atom is 0.165 e. The normalized spacial score (nSPS) is 15.9. The number of ketones is 1. The molecule has 168 valence electrons. The molecule has 0 aliphatic carbocycles. The molecule has 0 spiro atoms. The minimum Gasteiger partial charge on any atom is -0.493 e. The molecule has 1 aromatic heterocycles. The van der Waals surface area contributed by atoms with Gasteiger partial charge < -0.3 is 14.5 Å². The second kappa shape index (κ2) is 8.75. The number of ether oxygens (including phenoxy) is 2. The first kappa shape index (κ1) is 21.3. The van der Waals surface area contributed by atoms with Crippen molar-refractivity contribution in [1.82, 2.24) is 9.88 Å². The second-order valence-electron chi connectivity index (χ2n) is 8.53. The van der Waals surface area contributed by atoms with Crippen molar-refractivity contribution in [1.29, 1.82) is 0 Å². The lowest BCUT2D eigenvalue weighted by Gasteiger charge is -2.37. The van der Waals surface area contributed by atoms with Crippen LogP contribution in [0.15, 0.2) is 66.7 Å². The van der Waals surface area contributed by atoms with Gasteiger partial charge in [-0.2, -0.15) is 0 Å². The molecule has 0 bridgehead atoms. The second-order valence-corrected chi connectivity index (χ2v) is 8.53. The zero-order chi connectivity index (χ0) is 22.9. The van der Waals surface area contributed by atoms with E-state index >= 15 is 0 Å². The Kier molecular flexibility index (Phi) is 5.65. The summed E-state index contributed by atoms with van der Waals surface area (Å²) >= 11 is 0. The lowest BCUT2D eigenvalue weighted by atomic mass is 9.91. The number of fused-ring (bicyclic) bond motifs is 3. The van der Waals surface area contributed by atoms with Gasteiger partial charge in [-0.25, -0.2) is 0 Å². The summed E-state index contributed by atoms with van der Waals surface area (Å²) in [5.41, 5.74) is 6.62. The molecular weight excluding hydrogens is 412 g/mol. The molecule has 3 aromatic carbocycles. The van der Waals surface area contributed by atoms with Crippen molar-refractivity contribution in [3.05, 3.63) is 94.7 Å². The minimum absolute atomic E-state index is 0.0350. The van der Waals surface area contributed by atoms with E-state index in [1.165, 1.54) is 16.6 Å². The highest BCUT2D eigenvalue weighted by Crippen LogP contribution is 2.44. The number of benzene rings is 3. The highest BCUT2D eigenvalue weighted by atomic mass is 16.5. The van der Waals surface area contributed by atoms with Gasteiger partial charge in [-0.3, -0.25) is 9.69 Å². The zero-order valence-electron chi connectivity index (χ0n) is 19.2. The Morgan fingerprint density at radius 3 is 2.64 bits per heavy atom. The van der Waals surface area contributed by atoms with Crippen LogP contribution >= 0.6 is 0 Å². The first-order chi connectivity index (χ1) is 16.1. The first-order valence-corrected chi connectivity index (χ1v) is 11.2. The number of carbonyl (C=O) groups is 1. The highest BCUT2D eigenvalue weighted by molar-refractivity contribution is 5.94. The third-order valence-electron chi connectivity index (χ3n) is 6.58. The number of carbonyl (C=O) groups excluding carboxylic acids is 1. The number of aromatic nitrogens is 1. The summed E-state index contributed by atoms with van der Waals surface area (Å²) in [6, 6.07) is 22.4. The molecule has 1 N–H and O–H groups in total. The first-order valence-electron chi connectivity index (χ1n) is 11.2. The van der Waals surface area contributed by atoms with E-state index in [1.54, 1.807) is 21.1 Å². The number of rotatable bonds is 6. The molecule has 0 unspecified atom stereocenters. The Bertz CT molecular complexity index is 1320. The van der Waals surface area contributed by atoms with Gasteiger partial charge in [0.25, 0.3) is 0 Å². The summed E-state index contributed by atoms with van der Waals surface area (Å²) < 4.78 is 11.5. The molecule has 0 saturated heterocycles. The molecule has 1 aliphatic heterocycles. The van der Waals surface area contributed by atoms with Crippen LogP contribution in [0.1, 0.15) is 45.7 Å². The molecule has 1 atom stereocenters. The van der Waals surface area contributed by atoms with E-state index in [1.807, 2.05) is 30.3 Å². The van der Waals surface area contributed by atoms with Crippen molar-refractivity contribution in [2.75, 3.05) is 20.8 Å². The van der Waals surface area contributed by atoms with Crippen molar-refractivity contribution in [2.24, 2.45) is 0 Å². The van der Waals surface area contributed by atoms with E-state index in [0.29, 0.717) is 0 Å². The molecule has 0 radical (unpaired) electrons. The van der Waals surface area contributed by atoms with Crippen LogP contribution in [0.3, 0.4) is 0 Å². The molecule has 1 aliphatic rings. The van der Waals surface area contributed by atoms with Gasteiger partial charge in [0.05, 0.1) is 20.3 Å². The number of nitrogens with one attached hydrogen (secondary N) is 1. The molecule has 33 heavy (non-hydrogen) atoms. The molecule has 5 heteroatoms. The van der Waals surface area contributed by atoms with Crippen LogP contribution in [0.2, 0.25) is 0 Å². The number of hydrogen-bond donors (Lipinski definition) is 1. The summed E-state index contributed by atoms with van der Waals surface area (Å²) in [5, 5.41) is 1.28. The van der Waals surface area contributed by atoms with Crippen molar-refractivity contribution in [2.45, 2.75) is 25.9 Å². The van der Waals surface area contributed by atoms with E-state index in [4.69, 9.17) is 9.47 Å². The molecule has 5 rings (SSSR count). The van der Waals surface area contributed by atoms with Crippen LogP contribution in [-0.2, 0) is 13.0 Å². The van der Waals surface area contributed by atoms with Gasteiger partial charge in [0.1, 0.15) is 0 Å².